The summed E-state index contributed by atoms with van der Waals surface area (Å²) in [7, 11) is 2.14. The highest BCUT2D eigenvalue weighted by molar-refractivity contribution is 6.33. The van der Waals surface area contributed by atoms with E-state index in [2.05, 4.69) is 37.4 Å². The van der Waals surface area contributed by atoms with Gasteiger partial charge in [0.1, 0.15) is 11.4 Å². The summed E-state index contributed by atoms with van der Waals surface area (Å²) in [4.78, 5) is 26.5. The van der Waals surface area contributed by atoms with Crippen molar-refractivity contribution in [3.8, 4) is 0 Å². The van der Waals surface area contributed by atoms with Crippen LogP contribution in [0.3, 0.4) is 0 Å². The number of rotatable bonds is 8. The van der Waals surface area contributed by atoms with Gasteiger partial charge in [0, 0.05) is 56.7 Å². The molecule has 0 aliphatic carbocycles. The monoisotopic (exact) mass is 553 g/mol. The van der Waals surface area contributed by atoms with Crippen LogP contribution in [0, 0.1) is 0 Å². The van der Waals surface area contributed by atoms with Gasteiger partial charge in [-0.05, 0) is 38.1 Å². The molecule has 2 bridgehead atoms. The maximum absolute atomic E-state index is 13.6. The molecule has 2 aromatic rings. The molecule has 3 fully saturated rings. The van der Waals surface area contributed by atoms with E-state index in [4.69, 9.17) is 16.3 Å². The van der Waals surface area contributed by atoms with Gasteiger partial charge in [-0.3, -0.25) is 9.69 Å². The van der Waals surface area contributed by atoms with Gasteiger partial charge in [0.15, 0.2) is 0 Å². The molecule has 3 aliphatic rings. The molecule has 3 aliphatic heterocycles. The Morgan fingerprint density at radius 2 is 2.05 bits per heavy atom. The number of ether oxygens (including phenoxy) is 1. The predicted molar refractivity (Wildman–Crippen MR) is 139 cm³/mol. The van der Waals surface area contributed by atoms with E-state index in [0.29, 0.717) is 61.9 Å². The van der Waals surface area contributed by atoms with Crippen LogP contribution in [-0.2, 0) is 15.7 Å². The number of nitrogens with one attached hydrogen (secondary N) is 2. The molecule has 0 spiro atoms. The van der Waals surface area contributed by atoms with Gasteiger partial charge in [0.2, 0.25) is 11.9 Å². The minimum absolute atomic E-state index is 0.00292. The van der Waals surface area contributed by atoms with Crippen molar-refractivity contribution in [2.45, 2.75) is 37.5 Å². The minimum Gasteiger partial charge on any atom is -0.379 e. The van der Waals surface area contributed by atoms with Crippen LogP contribution in [-0.4, -0.2) is 90.7 Å². The summed E-state index contributed by atoms with van der Waals surface area (Å²) in [6.45, 7) is 3.91. The lowest BCUT2D eigenvalue weighted by Gasteiger charge is -2.33. The lowest BCUT2D eigenvalue weighted by Crippen LogP contribution is -2.44. The average molecular weight is 554 g/mol. The van der Waals surface area contributed by atoms with Crippen molar-refractivity contribution in [2.24, 2.45) is 0 Å². The first-order valence-electron chi connectivity index (χ1n) is 12.8. The van der Waals surface area contributed by atoms with Crippen LogP contribution in [0.5, 0.6) is 0 Å². The molecule has 0 saturated carbocycles. The van der Waals surface area contributed by atoms with Crippen molar-refractivity contribution < 1.29 is 22.7 Å². The van der Waals surface area contributed by atoms with E-state index in [0.717, 1.165) is 31.4 Å². The number of benzene rings is 1. The molecule has 206 valence electrons. The first-order chi connectivity index (χ1) is 18.2. The molecular formula is C25H31ClF3N7O2. The zero-order chi connectivity index (χ0) is 26.9. The molecular weight excluding hydrogens is 523 g/mol. The quantitative estimate of drug-likeness (QED) is 0.477. The number of carbonyl (C=O) groups excluding carboxylic acids is 1. The highest BCUT2D eigenvalue weighted by atomic mass is 35.5. The van der Waals surface area contributed by atoms with Crippen LogP contribution in [0.25, 0.3) is 0 Å². The molecule has 1 aromatic carbocycles. The van der Waals surface area contributed by atoms with Gasteiger partial charge in [-0.1, -0.05) is 11.6 Å². The molecule has 0 radical (unpaired) electrons. The summed E-state index contributed by atoms with van der Waals surface area (Å²) in [5, 5.41) is 6.15. The molecule has 38 heavy (non-hydrogen) atoms. The van der Waals surface area contributed by atoms with Crippen LogP contribution >= 0.6 is 11.6 Å². The van der Waals surface area contributed by atoms with Crippen LogP contribution in [0.4, 0.5) is 36.3 Å². The fourth-order valence-electron chi connectivity index (χ4n) is 5.30. The standard InChI is InChI=1S/C25H31ClF3N7O2/c1-34-14-18-11-17(34)15-36(18)16-3-4-21(20(26)12-16)32-24-31-13-19(25(27,28)29)23(33-24)30-6-2-7-35-8-10-38-9-5-22(35)37/h3-4,12-13,17-18H,2,5-11,14-15H2,1H3,(H2,30,31,32,33)/t17-,18-/m1/s1. The number of aromatic nitrogens is 2. The van der Waals surface area contributed by atoms with E-state index < -0.39 is 11.7 Å². The molecule has 2 N–H and O–H groups in total. The number of hydrogen-bond acceptors (Lipinski definition) is 8. The number of amides is 1. The lowest BCUT2D eigenvalue weighted by molar-refractivity contribution is -0.137. The summed E-state index contributed by atoms with van der Waals surface area (Å²) in [6, 6.07) is 6.61. The van der Waals surface area contributed by atoms with Gasteiger partial charge in [-0.25, -0.2) is 4.98 Å². The number of halogens is 4. The van der Waals surface area contributed by atoms with Crippen molar-refractivity contribution in [3.05, 3.63) is 35.0 Å². The normalized spacial score (nSPS) is 22.2. The molecule has 4 heterocycles. The molecule has 2 atom stereocenters. The second-order valence-corrected chi connectivity index (χ2v) is 10.3. The van der Waals surface area contributed by atoms with Crippen LogP contribution in [0.1, 0.15) is 24.8 Å². The Kier molecular flexibility index (Phi) is 7.83. The van der Waals surface area contributed by atoms with Gasteiger partial charge < -0.3 is 25.2 Å². The molecule has 0 unspecified atom stereocenters. The summed E-state index contributed by atoms with van der Waals surface area (Å²) in [6.07, 6.45) is -1.97. The average Bonchev–Trinajstić information content (AvgIpc) is 3.38. The third-order valence-electron chi connectivity index (χ3n) is 7.36. The van der Waals surface area contributed by atoms with Gasteiger partial charge in [-0.15, -0.1) is 0 Å². The number of anilines is 4. The number of alkyl halides is 3. The van der Waals surface area contributed by atoms with Crippen molar-refractivity contribution in [3.63, 3.8) is 0 Å². The Bertz CT molecular complexity index is 1170. The molecule has 3 saturated heterocycles. The fraction of sp³-hybridized carbons (Fsp3) is 0.560. The maximum Gasteiger partial charge on any atom is 0.421 e. The van der Waals surface area contributed by atoms with Crippen molar-refractivity contribution in [1.29, 1.82) is 0 Å². The van der Waals surface area contributed by atoms with Crippen LogP contribution in [0.15, 0.2) is 24.4 Å². The fourth-order valence-corrected chi connectivity index (χ4v) is 5.53. The van der Waals surface area contributed by atoms with Gasteiger partial charge in [0.25, 0.3) is 0 Å². The summed E-state index contributed by atoms with van der Waals surface area (Å²) >= 11 is 6.54. The smallest absolute Gasteiger partial charge is 0.379 e. The van der Waals surface area contributed by atoms with E-state index in [9.17, 15) is 18.0 Å². The Morgan fingerprint density at radius 1 is 1.21 bits per heavy atom. The SMILES string of the molecule is CN1C[C@H]2C[C@@H]1CN2c1ccc(Nc2ncc(C(F)(F)F)c(NCCCN3CCOCCC3=O)n2)c(Cl)c1. The zero-order valence-corrected chi connectivity index (χ0v) is 21.9. The predicted octanol–water partition coefficient (Wildman–Crippen LogP) is 3.84. The van der Waals surface area contributed by atoms with E-state index in [1.54, 1.807) is 11.0 Å². The summed E-state index contributed by atoms with van der Waals surface area (Å²) in [5.74, 6) is -0.346. The Balaban J connectivity index is 1.24. The first kappa shape index (κ1) is 26.8. The number of fused-ring (bicyclic) bond motifs is 2. The largest absolute Gasteiger partial charge is 0.421 e. The maximum atomic E-state index is 13.6. The third kappa shape index (κ3) is 5.92. The van der Waals surface area contributed by atoms with Crippen molar-refractivity contribution in [1.82, 2.24) is 19.8 Å². The number of likely N-dealkylation sites (tertiary alicyclic amines) is 1. The molecule has 9 nitrogen and oxygen atoms in total. The number of carbonyl (C=O) groups is 1. The number of likely N-dealkylation sites (N-methyl/N-ethyl adjacent to an activating group) is 1. The van der Waals surface area contributed by atoms with E-state index in [1.807, 2.05) is 12.1 Å². The van der Waals surface area contributed by atoms with Crippen LogP contribution in [0.2, 0.25) is 5.02 Å². The highest BCUT2D eigenvalue weighted by Crippen LogP contribution is 2.38. The second-order valence-electron chi connectivity index (χ2n) is 9.90. The van der Waals surface area contributed by atoms with Gasteiger partial charge >= 0.3 is 6.18 Å². The lowest BCUT2D eigenvalue weighted by atomic mass is 10.2. The molecule has 13 heteroatoms. The topological polar surface area (TPSA) is 85.9 Å². The van der Waals surface area contributed by atoms with Gasteiger partial charge in [0.05, 0.1) is 30.3 Å². The Labute approximate surface area is 224 Å². The second kappa shape index (κ2) is 11.1. The molecule has 5 rings (SSSR count). The number of piperazine rings is 1. The summed E-state index contributed by atoms with van der Waals surface area (Å²) in [5.41, 5.74) is 0.564. The Hall–Kier alpha value is -2.83. The molecule has 1 aromatic heterocycles. The van der Waals surface area contributed by atoms with E-state index in [-0.39, 0.29) is 24.2 Å². The molecule has 1 amide bonds. The number of nitrogens with zero attached hydrogens (tertiary/aromatic N) is 5. The van der Waals surface area contributed by atoms with E-state index in [1.165, 1.54) is 0 Å². The summed E-state index contributed by atoms with van der Waals surface area (Å²) < 4.78 is 46.1. The van der Waals surface area contributed by atoms with Crippen LogP contribution < -0.4 is 15.5 Å². The van der Waals surface area contributed by atoms with E-state index >= 15 is 0 Å². The van der Waals surface area contributed by atoms with Gasteiger partial charge in [-0.2, -0.15) is 18.2 Å². The number of hydrogen-bond donors (Lipinski definition) is 2. The zero-order valence-electron chi connectivity index (χ0n) is 21.1. The van der Waals surface area contributed by atoms with Crippen molar-refractivity contribution in [2.75, 3.05) is 68.5 Å². The Morgan fingerprint density at radius 3 is 2.76 bits per heavy atom. The first-order valence-corrected chi connectivity index (χ1v) is 13.1. The third-order valence-corrected chi connectivity index (χ3v) is 7.67. The van der Waals surface area contributed by atoms with Crippen molar-refractivity contribution >= 4 is 40.6 Å². The highest BCUT2D eigenvalue weighted by Gasteiger charge is 2.41. The minimum atomic E-state index is -4.62.